The van der Waals surface area contributed by atoms with E-state index in [0.29, 0.717) is 31.0 Å². The SMILES string of the molecule is O=C(c1ccc(-c2ncccn2)cc1)N1CCn2c(nnc2-c2ccc3ccccc3n2)C1. The lowest BCUT2D eigenvalue weighted by atomic mass is 10.1. The number of amides is 1. The molecule has 1 aliphatic rings. The second kappa shape index (κ2) is 7.90. The number of aromatic nitrogens is 6. The highest BCUT2D eigenvalue weighted by Gasteiger charge is 2.26. The zero-order valence-corrected chi connectivity index (χ0v) is 17.7. The van der Waals surface area contributed by atoms with Crippen LogP contribution in [0.15, 0.2) is 79.1 Å². The Bertz CT molecular complexity index is 1460. The van der Waals surface area contributed by atoms with Crippen molar-refractivity contribution in [3.63, 3.8) is 0 Å². The van der Waals surface area contributed by atoms with E-state index in [4.69, 9.17) is 4.98 Å². The molecule has 0 unspecified atom stereocenters. The number of hydrogen-bond donors (Lipinski definition) is 0. The number of carbonyl (C=O) groups is 1. The molecule has 1 amide bonds. The van der Waals surface area contributed by atoms with Crippen LogP contribution >= 0.6 is 0 Å². The lowest BCUT2D eigenvalue weighted by molar-refractivity contribution is 0.0708. The fraction of sp³-hybridized carbons (Fsp3) is 0.120. The van der Waals surface area contributed by atoms with Crippen LogP contribution in [0.1, 0.15) is 16.2 Å². The molecule has 0 radical (unpaired) electrons. The Labute approximate surface area is 189 Å². The zero-order valence-electron chi connectivity index (χ0n) is 17.7. The molecule has 6 rings (SSSR count). The molecule has 0 fully saturated rings. The van der Waals surface area contributed by atoms with Gasteiger partial charge >= 0.3 is 0 Å². The molecule has 5 aromatic rings. The Morgan fingerprint density at radius 3 is 2.48 bits per heavy atom. The highest BCUT2D eigenvalue weighted by Crippen LogP contribution is 2.24. The van der Waals surface area contributed by atoms with Crippen LogP contribution in [0, 0.1) is 0 Å². The van der Waals surface area contributed by atoms with Gasteiger partial charge in [-0.25, -0.2) is 15.0 Å². The number of nitrogens with zero attached hydrogens (tertiary/aromatic N) is 7. The largest absolute Gasteiger partial charge is 0.329 e. The average Bonchev–Trinajstić information content (AvgIpc) is 3.32. The summed E-state index contributed by atoms with van der Waals surface area (Å²) in [4.78, 5) is 28.2. The van der Waals surface area contributed by atoms with Crippen LogP contribution in [0.5, 0.6) is 0 Å². The van der Waals surface area contributed by atoms with Crippen molar-refractivity contribution in [2.75, 3.05) is 6.54 Å². The lowest BCUT2D eigenvalue weighted by Crippen LogP contribution is -2.38. The van der Waals surface area contributed by atoms with Crippen molar-refractivity contribution in [1.82, 2.24) is 34.6 Å². The molecular weight excluding hydrogens is 414 g/mol. The summed E-state index contributed by atoms with van der Waals surface area (Å²) in [5.74, 6) is 2.09. The zero-order chi connectivity index (χ0) is 22.2. The van der Waals surface area contributed by atoms with Crippen LogP contribution in [-0.2, 0) is 13.1 Å². The maximum absolute atomic E-state index is 13.1. The first-order valence-corrected chi connectivity index (χ1v) is 10.7. The summed E-state index contributed by atoms with van der Waals surface area (Å²) in [6.45, 7) is 1.60. The van der Waals surface area contributed by atoms with Gasteiger partial charge in [0.1, 0.15) is 5.69 Å². The van der Waals surface area contributed by atoms with Crippen molar-refractivity contribution in [2.24, 2.45) is 0 Å². The molecule has 0 bridgehead atoms. The third-order valence-electron chi connectivity index (χ3n) is 5.82. The van der Waals surface area contributed by atoms with Crippen molar-refractivity contribution >= 4 is 16.8 Å². The van der Waals surface area contributed by atoms with Gasteiger partial charge in [0.2, 0.25) is 0 Å². The molecule has 4 heterocycles. The fourth-order valence-corrected chi connectivity index (χ4v) is 4.10. The third kappa shape index (κ3) is 3.51. The van der Waals surface area contributed by atoms with Crippen LogP contribution < -0.4 is 0 Å². The molecule has 160 valence electrons. The van der Waals surface area contributed by atoms with Crippen molar-refractivity contribution < 1.29 is 4.79 Å². The monoisotopic (exact) mass is 433 g/mol. The normalized spacial score (nSPS) is 13.2. The van der Waals surface area contributed by atoms with Crippen LogP contribution in [0.4, 0.5) is 0 Å². The topological polar surface area (TPSA) is 89.7 Å². The molecule has 33 heavy (non-hydrogen) atoms. The minimum Gasteiger partial charge on any atom is -0.329 e. The molecule has 0 spiro atoms. The summed E-state index contributed by atoms with van der Waals surface area (Å²) >= 11 is 0. The lowest BCUT2D eigenvalue weighted by Gasteiger charge is -2.28. The van der Waals surface area contributed by atoms with Gasteiger partial charge in [0.05, 0.1) is 12.1 Å². The number of benzene rings is 2. The Balaban J connectivity index is 1.22. The van der Waals surface area contributed by atoms with Crippen molar-refractivity contribution in [2.45, 2.75) is 13.1 Å². The first-order valence-electron chi connectivity index (χ1n) is 10.7. The summed E-state index contributed by atoms with van der Waals surface area (Å²) < 4.78 is 2.05. The molecule has 0 saturated carbocycles. The predicted molar refractivity (Wildman–Crippen MR) is 123 cm³/mol. The summed E-state index contributed by atoms with van der Waals surface area (Å²) in [7, 11) is 0. The maximum atomic E-state index is 13.1. The quantitative estimate of drug-likeness (QED) is 0.432. The molecule has 0 atom stereocenters. The Hall–Kier alpha value is -4.46. The molecule has 0 aliphatic carbocycles. The number of pyridine rings is 1. The average molecular weight is 433 g/mol. The van der Waals surface area contributed by atoms with Gasteiger partial charge < -0.3 is 9.47 Å². The van der Waals surface area contributed by atoms with E-state index in [2.05, 4.69) is 24.7 Å². The molecule has 8 nitrogen and oxygen atoms in total. The van der Waals surface area contributed by atoms with Crippen LogP contribution in [0.3, 0.4) is 0 Å². The van der Waals surface area contributed by atoms with E-state index in [1.54, 1.807) is 23.4 Å². The number of para-hydroxylation sites is 1. The van der Waals surface area contributed by atoms with Gasteiger partial charge in [-0.3, -0.25) is 4.79 Å². The van der Waals surface area contributed by atoms with E-state index in [-0.39, 0.29) is 5.91 Å². The second-order valence-corrected chi connectivity index (χ2v) is 7.86. The first kappa shape index (κ1) is 19.2. The molecule has 3 aromatic heterocycles. The Kier molecular flexibility index (Phi) is 4.61. The third-order valence-corrected chi connectivity index (χ3v) is 5.82. The van der Waals surface area contributed by atoms with Crippen molar-refractivity contribution in [3.05, 3.63) is 90.5 Å². The van der Waals surface area contributed by atoms with Gasteiger partial charge in [-0.05, 0) is 30.3 Å². The van der Waals surface area contributed by atoms with Gasteiger partial charge in [0, 0.05) is 42.0 Å². The fourth-order valence-electron chi connectivity index (χ4n) is 4.10. The van der Waals surface area contributed by atoms with Gasteiger partial charge in [-0.2, -0.15) is 0 Å². The minimum atomic E-state index is -0.0323. The van der Waals surface area contributed by atoms with E-state index in [1.165, 1.54) is 0 Å². The van der Waals surface area contributed by atoms with E-state index < -0.39 is 0 Å². The molecule has 0 N–H and O–H groups in total. The highest BCUT2D eigenvalue weighted by atomic mass is 16.2. The predicted octanol–water partition coefficient (Wildman–Crippen LogP) is 3.61. The van der Waals surface area contributed by atoms with Crippen LogP contribution in [0.25, 0.3) is 33.8 Å². The minimum absolute atomic E-state index is 0.0323. The van der Waals surface area contributed by atoms with Crippen LogP contribution in [-0.4, -0.2) is 47.1 Å². The second-order valence-electron chi connectivity index (χ2n) is 7.86. The molecule has 8 heteroatoms. The number of carbonyl (C=O) groups excluding carboxylic acids is 1. The first-order chi connectivity index (χ1) is 16.3. The Morgan fingerprint density at radius 2 is 1.64 bits per heavy atom. The van der Waals surface area contributed by atoms with E-state index in [1.807, 2.05) is 60.7 Å². The van der Waals surface area contributed by atoms with E-state index in [9.17, 15) is 4.79 Å². The van der Waals surface area contributed by atoms with Gasteiger partial charge in [0.25, 0.3) is 5.91 Å². The maximum Gasteiger partial charge on any atom is 0.254 e. The molecule has 1 aliphatic heterocycles. The highest BCUT2D eigenvalue weighted by molar-refractivity contribution is 5.94. The standard InChI is InChI=1S/C25H19N7O/c33-25(19-8-6-18(7-9-19)23-26-12-3-13-27-23)31-14-15-32-22(16-31)29-30-24(32)21-11-10-17-4-1-2-5-20(17)28-21/h1-13H,14-16H2. The number of rotatable bonds is 3. The molecular formula is C25H19N7O. The van der Waals surface area contributed by atoms with E-state index >= 15 is 0 Å². The van der Waals surface area contributed by atoms with Crippen molar-refractivity contribution in [1.29, 1.82) is 0 Å². The van der Waals surface area contributed by atoms with Gasteiger partial charge in [-0.15, -0.1) is 10.2 Å². The van der Waals surface area contributed by atoms with E-state index in [0.717, 1.165) is 33.8 Å². The smallest absolute Gasteiger partial charge is 0.254 e. The summed E-state index contributed by atoms with van der Waals surface area (Å²) in [5, 5.41) is 9.83. The summed E-state index contributed by atoms with van der Waals surface area (Å²) in [6, 6.07) is 21.2. The van der Waals surface area contributed by atoms with Crippen molar-refractivity contribution in [3.8, 4) is 22.9 Å². The number of hydrogen-bond acceptors (Lipinski definition) is 6. The molecule has 2 aromatic carbocycles. The van der Waals surface area contributed by atoms with Gasteiger partial charge in [-0.1, -0.05) is 36.4 Å². The summed E-state index contributed by atoms with van der Waals surface area (Å²) in [6.07, 6.45) is 3.40. The Morgan fingerprint density at radius 1 is 0.818 bits per heavy atom. The molecule has 0 saturated heterocycles. The van der Waals surface area contributed by atoms with Crippen LogP contribution in [0.2, 0.25) is 0 Å². The summed E-state index contributed by atoms with van der Waals surface area (Å²) in [5.41, 5.74) is 3.20. The number of fused-ring (bicyclic) bond motifs is 2. The van der Waals surface area contributed by atoms with Gasteiger partial charge in [0.15, 0.2) is 17.5 Å².